The zero-order chi connectivity index (χ0) is 20.2. The topological polar surface area (TPSA) is 36.6 Å². The zero-order valence-corrected chi connectivity index (χ0v) is 20.2. The maximum absolute atomic E-state index is 5.54. The van der Waals surface area contributed by atoms with Crippen LogP contribution in [0.1, 0.15) is 29.5 Å². The van der Waals surface area contributed by atoms with E-state index >= 15 is 0 Å². The molecule has 0 aromatic heterocycles. The molecule has 5 nitrogen and oxygen atoms in total. The predicted octanol–water partition coefficient (Wildman–Crippen LogP) is -5.09. The van der Waals surface area contributed by atoms with Gasteiger partial charge in [0.05, 0.1) is 34.4 Å². The molecule has 2 N–H and O–H groups in total. The van der Waals surface area contributed by atoms with Gasteiger partial charge in [-0.05, 0) is 29.8 Å². The van der Waals surface area contributed by atoms with Crippen molar-refractivity contribution in [2.45, 2.75) is 38.4 Å². The summed E-state index contributed by atoms with van der Waals surface area (Å²) in [5, 5.41) is 0. The zero-order valence-electron chi connectivity index (χ0n) is 18.7. The number of likely N-dealkylation sites (tertiary alicyclic amines) is 1. The fraction of sp³-hybridized carbons (Fsp3) is 0.500. The molecule has 172 valence electrons. The number of halogens is 2. The summed E-state index contributed by atoms with van der Waals surface area (Å²) >= 11 is 0. The molecule has 2 aromatic carbocycles. The monoisotopic (exact) mass is 468 g/mol. The van der Waals surface area contributed by atoms with Crippen LogP contribution in [0, 0.1) is 0 Å². The van der Waals surface area contributed by atoms with Gasteiger partial charge in [-0.1, -0.05) is 12.1 Å². The molecule has 2 heterocycles. The molecule has 0 aliphatic carbocycles. The van der Waals surface area contributed by atoms with E-state index in [0.717, 1.165) is 42.8 Å². The van der Waals surface area contributed by atoms with Crippen molar-refractivity contribution in [2.75, 3.05) is 41.0 Å². The highest BCUT2D eigenvalue weighted by molar-refractivity contribution is 5.47. The number of benzene rings is 2. The first kappa shape index (κ1) is 25.6. The minimum atomic E-state index is 0. The van der Waals surface area contributed by atoms with E-state index in [4.69, 9.17) is 14.2 Å². The van der Waals surface area contributed by atoms with E-state index in [9.17, 15) is 0 Å². The minimum absolute atomic E-state index is 0. The number of methoxy groups -OCH3 is 3. The third-order valence-corrected chi connectivity index (χ3v) is 6.62. The predicted molar refractivity (Wildman–Crippen MR) is 113 cm³/mol. The first-order valence-electron chi connectivity index (χ1n) is 10.7. The molecule has 2 aromatic rings. The smallest absolute Gasteiger partial charge is 0.161 e. The van der Waals surface area contributed by atoms with Gasteiger partial charge in [-0.2, -0.15) is 0 Å². The molecule has 0 saturated carbocycles. The molecule has 2 aliphatic heterocycles. The van der Waals surface area contributed by atoms with E-state index in [2.05, 4.69) is 30.3 Å². The van der Waals surface area contributed by atoms with Crippen molar-refractivity contribution >= 4 is 0 Å². The van der Waals surface area contributed by atoms with Crippen LogP contribution in [0.2, 0.25) is 0 Å². The highest BCUT2D eigenvalue weighted by atomic mass is 35.5. The van der Waals surface area contributed by atoms with Crippen LogP contribution in [0.3, 0.4) is 0 Å². The molecule has 4 rings (SSSR count). The Bertz CT molecular complexity index is 850. The number of rotatable bonds is 6. The Labute approximate surface area is 198 Å². The average Bonchev–Trinajstić information content (AvgIpc) is 2.78. The van der Waals surface area contributed by atoms with E-state index in [1.54, 1.807) is 31.1 Å². The fourth-order valence-corrected chi connectivity index (χ4v) is 5.07. The Balaban J connectivity index is 0.00000171. The summed E-state index contributed by atoms with van der Waals surface area (Å²) in [6.45, 7) is 5.90. The number of hydrogen-bond acceptors (Lipinski definition) is 3. The molecule has 3 atom stereocenters. The van der Waals surface area contributed by atoms with Gasteiger partial charge in [0.2, 0.25) is 0 Å². The van der Waals surface area contributed by atoms with E-state index < -0.39 is 0 Å². The molecule has 1 fully saturated rings. The second-order valence-corrected chi connectivity index (χ2v) is 8.38. The van der Waals surface area contributed by atoms with E-state index in [1.165, 1.54) is 49.2 Å². The number of nitrogens with one attached hydrogen (secondary N) is 2. The van der Waals surface area contributed by atoms with E-state index in [0.29, 0.717) is 0 Å². The maximum atomic E-state index is 5.54. The van der Waals surface area contributed by atoms with Crippen molar-refractivity contribution in [3.05, 3.63) is 53.1 Å². The summed E-state index contributed by atoms with van der Waals surface area (Å²) in [6, 6.07) is 13.6. The van der Waals surface area contributed by atoms with Crippen molar-refractivity contribution in [3.8, 4) is 17.2 Å². The van der Waals surface area contributed by atoms with Gasteiger partial charge in [0.1, 0.15) is 31.4 Å². The fourth-order valence-electron chi connectivity index (χ4n) is 5.07. The Kier molecular flexibility index (Phi) is 9.76. The maximum Gasteiger partial charge on any atom is 0.161 e. The Morgan fingerprint density at radius 1 is 0.903 bits per heavy atom. The number of piperidine rings is 1. The standard InChI is InChI=1S/C24H32N2O3.2ClH/c1-27-22-8-4-6-18(12-22)15-25-10-5-7-21(17-25)26-11-9-19-13-23(28-2)24(29-3)14-20(19)16-26;;/h4,6,8,12-14,21H,5,7,9-11,15-17H2,1-3H3;2*1H. The largest absolute Gasteiger partial charge is 1.00 e. The van der Waals surface area contributed by atoms with E-state index in [-0.39, 0.29) is 24.8 Å². The first-order chi connectivity index (χ1) is 14.2. The quantitative estimate of drug-likeness (QED) is 0.445. The summed E-state index contributed by atoms with van der Waals surface area (Å²) in [4.78, 5) is 3.42. The van der Waals surface area contributed by atoms with Crippen LogP contribution in [0.25, 0.3) is 0 Å². The molecule has 3 unspecified atom stereocenters. The van der Waals surface area contributed by atoms with Gasteiger partial charge in [-0.15, -0.1) is 0 Å². The normalized spacial score (nSPS) is 22.4. The summed E-state index contributed by atoms with van der Waals surface area (Å²) in [6.07, 6.45) is 3.76. The van der Waals surface area contributed by atoms with Gasteiger partial charge in [-0.25, -0.2) is 0 Å². The molecule has 0 spiro atoms. The Morgan fingerprint density at radius 2 is 1.65 bits per heavy atom. The second kappa shape index (κ2) is 11.8. The lowest BCUT2D eigenvalue weighted by Gasteiger charge is -2.37. The van der Waals surface area contributed by atoms with Crippen molar-refractivity contribution in [1.82, 2.24) is 0 Å². The van der Waals surface area contributed by atoms with Crippen molar-refractivity contribution in [2.24, 2.45) is 0 Å². The third-order valence-electron chi connectivity index (χ3n) is 6.62. The molecule has 31 heavy (non-hydrogen) atoms. The molecule has 0 bridgehead atoms. The number of quaternary nitrogens is 2. The highest BCUT2D eigenvalue weighted by Crippen LogP contribution is 2.31. The minimum Gasteiger partial charge on any atom is -1.00 e. The first-order valence-corrected chi connectivity index (χ1v) is 10.7. The van der Waals surface area contributed by atoms with Crippen LogP contribution in [-0.2, 0) is 19.5 Å². The van der Waals surface area contributed by atoms with Gasteiger partial charge in [0, 0.05) is 30.4 Å². The lowest BCUT2D eigenvalue weighted by molar-refractivity contribution is -0.998. The second-order valence-electron chi connectivity index (χ2n) is 8.38. The number of fused-ring (bicyclic) bond motifs is 1. The van der Waals surface area contributed by atoms with Gasteiger partial charge in [-0.3, -0.25) is 0 Å². The summed E-state index contributed by atoms with van der Waals surface area (Å²) in [5.41, 5.74) is 4.21. The molecule has 0 amide bonds. The van der Waals surface area contributed by atoms with Gasteiger partial charge < -0.3 is 48.8 Å². The lowest BCUT2D eigenvalue weighted by atomic mass is 9.95. The summed E-state index contributed by atoms with van der Waals surface area (Å²) < 4.78 is 16.4. The van der Waals surface area contributed by atoms with Crippen LogP contribution in [0.15, 0.2) is 36.4 Å². The van der Waals surface area contributed by atoms with Crippen LogP contribution >= 0.6 is 0 Å². The van der Waals surface area contributed by atoms with Gasteiger partial charge in [0.15, 0.2) is 11.5 Å². The number of ether oxygens (including phenoxy) is 3. The SMILES string of the molecule is COc1cccc(C[NH+]2CCCC([NH+]3CCc4cc(OC)c(OC)cc4C3)C2)c1.[Cl-].[Cl-]. The highest BCUT2D eigenvalue weighted by Gasteiger charge is 2.34. The molecule has 1 saturated heterocycles. The molecule has 2 aliphatic rings. The lowest BCUT2D eigenvalue weighted by Crippen LogP contribution is -3.24. The van der Waals surface area contributed by atoms with Crippen molar-refractivity contribution < 1.29 is 48.8 Å². The Morgan fingerprint density at radius 3 is 2.35 bits per heavy atom. The van der Waals surface area contributed by atoms with Crippen molar-refractivity contribution in [3.63, 3.8) is 0 Å². The van der Waals surface area contributed by atoms with Crippen LogP contribution < -0.4 is 48.8 Å². The van der Waals surface area contributed by atoms with Gasteiger partial charge >= 0.3 is 0 Å². The Hall–Kier alpha value is -1.66. The summed E-state index contributed by atoms with van der Waals surface area (Å²) in [7, 11) is 5.18. The molecular formula is C24H34Cl2N2O3. The van der Waals surface area contributed by atoms with Crippen molar-refractivity contribution in [1.29, 1.82) is 0 Å². The molecular weight excluding hydrogens is 435 g/mol. The number of hydrogen-bond donors (Lipinski definition) is 2. The van der Waals surface area contributed by atoms with Crippen LogP contribution in [-0.4, -0.2) is 47.0 Å². The average molecular weight is 469 g/mol. The summed E-state index contributed by atoms with van der Waals surface area (Å²) in [5.74, 6) is 2.65. The van der Waals surface area contributed by atoms with Crippen LogP contribution in [0.5, 0.6) is 17.2 Å². The van der Waals surface area contributed by atoms with Crippen LogP contribution in [0.4, 0.5) is 0 Å². The molecule has 7 heteroatoms. The molecule has 0 radical (unpaired) electrons. The van der Waals surface area contributed by atoms with E-state index in [1.807, 2.05) is 6.07 Å². The third kappa shape index (κ3) is 5.98. The van der Waals surface area contributed by atoms with Gasteiger partial charge in [0.25, 0.3) is 0 Å².